The van der Waals surface area contributed by atoms with Crippen LogP contribution in [-0.2, 0) is 0 Å². The van der Waals surface area contributed by atoms with Crippen molar-refractivity contribution in [1.82, 2.24) is 14.6 Å². The van der Waals surface area contributed by atoms with Gasteiger partial charge in [-0.1, -0.05) is 11.6 Å². The molecule has 0 spiro atoms. The summed E-state index contributed by atoms with van der Waals surface area (Å²) in [7, 11) is 0. The number of aryl methyl sites for hydroxylation is 1. The first kappa shape index (κ1) is 10.8. The number of hydrogen-bond acceptors (Lipinski definition) is 2. The lowest BCUT2D eigenvalue weighted by Crippen LogP contribution is -2.08. The first-order valence-electron chi connectivity index (χ1n) is 6.75. The molecule has 0 amide bonds. The van der Waals surface area contributed by atoms with Gasteiger partial charge in [-0.05, 0) is 50.5 Å². The number of fused-ring (bicyclic) bond motifs is 1. The van der Waals surface area contributed by atoms with Gasteiger partial charge in [-0.15, -0.1) is 0 Å². The van der Waals surface area contributed by atoms with E-state index in [0.29, 0.717) is 11.1 Å². The fourth-order valence-electron chi connectivity index (χ4n) is 3.02. The van der Waals surface area contributed by atoms with E-state index in [1.807, 2.05) is 19.1 Å². The van der Waals surface area contributed by atoms with E-state index in [4.69, 9.17) is 16.6 Å². The molecular formula is C14H16ClN3. The van der Waals surface area contributed by atoms with Crippen LogP contribution in [0.15, 0.2) is 12.1 Å². The number of hydrogen-bond donors (Lipinski definition) is 0. The van der Waals surface area contributed by atoms with Crippen molar-refractivity contribution in [3.63, 3.8) is 0 Å². The summed E-state index contributed by atoms with van der Waals surface area (Å²) in [4.78, 5) is 4.80. The Kier molecular flexibility index (Phi) is 2.22. The molecule has 0 unspecified atom stereocenters. The van der Waals surface area contributed by atoms with Crippen molar-refractivity contribution in [3.8, 4) is 0 Å². The lowest BCUT2D eigenvalue weighted by molar-refractivity contribution is 0.524. The molecule has 2 heterocycles. The highest BCUT2D eigenvalue weighted by atomic mass is 35.5. The average Bonchev–Trinajstić information content (AvgIpc) is 3.20. The fourth-order valence-corrected chi connectivity index (χ4v) is 3.26. The Bertz CT molecular complexity index is 599. The molecule has 0 aromatic carbocycles. The molecule has 2 aromatic heterocycles. The third-order valence-corrected chi connectivity index (χ3v) is 4.40. The molecule has 0 aliphatic heterocycles. The zero-order chi connectivity index (χ0) is 12.3. The molecule has 2 fully saturated rings. The van der Waals surface area contributed by atoms with Crippen LogP contribution in [0.2, 0.25) is 5.15 Å². The Balaban J connectivity index is 1.83. The Morgan fingerprint density at radius 3 is 2.50 bits per heavy atom. The normalized spacial score (nSPS) is 19.9. The van der Waals surface area contributed by atoms with Gasteiger partial charge in [-0.3, -0.25) is 0 Å². The summed E-state index contributed by atoms with van der Waals surface area (Å²) in [5.74, 6) is 2.35. The second-order valence-corrected chi connectivity index (χ2v) is 6.15. The van der Waals surface area contributed by atoms with Crippen molar-refractivity contribution in [3.05, 3.63) is 28.7 Å². The van der Waals surface area contributed by atoms with Crippen LogP contribution in [0.4, 0.5) is 0 Å². The van der Waals surface area contributed by atoms with Crippen molar-refractivity contribution in [1.29, 1.82) is 0 Å². The van der Waals surface area contributed by atoms with E-state index in [2.05, 4.69) is 5.10 Å². The third kappa shape index (κ3) is 1.72. The maximum atomic E-state index is 6.33. The van der Waals surface area contributed by atoms with E-state index >= 15 is 0 Å². The summed E-state index contributed by atoms with van der Waals surface area (Å²) in [5, 5.41) is 5.05. The van der Waals surface area contributed by atoms with Crippen molar-refractivity contribution < 1.29 is 0 Å². The van der Waals surface area contributed by atoms with Gasteiger partial charge >= 0.3 is 0 Å². The van der Waals surface area contributed by atoms with E-state index in [1.54, 1.807) is 4.52 Å². The maximum Gasteiger partial charge on any atom is 0.157 e. The molecule has 2 saturated carbocycles. The molecule has 0 saturated heterocycles. The molecular weight excluding hydrogens is 246 g/mol. The molecule has 2 aliphatic rings. The number of halogens is 1. The van der Waals surface area contributed by atoms with Crippen LogP contribution in [0.3, 0.4) is 0 Å². The van der Waals surface area contributed by atoms with Crippen molar-refractivity contribution in [2.75, 3.05) is 0 Å². The number of rotatable bonds is 3. The van der Waals surface area contributed by atoms with Gasteiger partial charge in [-0.25, -0.2) is 9.50 Å². The second-order valence-electron chi connectivity index (χ2n) is 5.76. The summed E-state index contributed by atoms with van der Waals surface area (Å²) in [5.41, 5.74) is 3.05. The van der Waals surface area contributed by atoms with Gasteiger partial charge in [0.05, 0.1) is 5.69 Å². The Hall–Kier alpha value is -1.09. The molecule has 18 heavy (non-hydrogen) atoms. The van der Waals surface area contributed by atoms with Crippen LogP contribution in [0.5, 0.6) is 0 Å². The molecule has 2 aliphatic carbocycles. The Morgan fingerprint density at radius 2 is 1.89 bits per heavy atom. The molecule has 0 atom stereocenters. The quantitative estimate of drug-likeness (QED) is 0.791. The number of aromatic nitrogens is 3. The molecule has 0 bridgehead atoms. The van der Waals surface area contributed by atoms with E-state index in [1.165, 1.54) is 31.4 Å². The largest absolute Gasteiger partial charge is 0.233 e. The highest BCUT2D eigenvalue weighted by Gasteiger charge is 2.43. The topological polar surface area (TPSA) is 30.2 Å². The molecule has 0 radical (unpaired) electrons. The van der Waals surface area contributed by atoms with E-state index in [9.17, 15) is 0 Å². The summed E-state index contributed by atoms with van der Waals surface area (Å²) in [6, 6.07) is 4.04. The fraction of sp³-hybridized carbons (Fsp3) is 0.571. The van der Waals surface area contributed by atoms with Crippen LogP contribution in [0, 0.1) is 18.8 Å². The standard InChI is InChI=1S/C14H16ClN3/c1-8-6-13-16-11(7-12(15)18(13)17-8)14(9-2-3-9)10-4-5-10/h6-7,9-10,14H,2-5H2,1H3. The monoisotopic (exact) mass is 261 g/mol. The first-order chi connectivity index (χ1) is 8.72. The SMILES string of the molecule is Cc1cc2nc(C(C3CC3)C3CC3)cc(Cl)n2n1. The minimum atomic E-state index is 0.641. The third-order valence-electron chi connectivity index (χ3n) is 4.13. The highest BCUT2D eigenvalue weighted by Crippen LogP contribution is 2.54. The van der Waals surface area contributed by atoms with Gasteiger partial charge in [0.2, 0.25) is 0 Å². The molecule has 4 rings (SSSR count). The molecule has 94 valence electrons. The first-order valence-corrected chi connectivity index (χ1v) is 7.13. The van der Waals surface area contributed by atoms with Crippen LogP contribution in [-0.4, -0.2) is 14.6 Å². The van der Waals surface area contributed by atoms with Crippen LogP contribution in [0.1, 0.15) is 43.0 Å². The summed E-state index contributed by atoms with van der Waals surface area (Å²) in [6.07, 6.45) is 5.46. The van der Waals surface area contributed by atoms with Crippen LogP contribution < -0.4 is 0 Å². The predicted octanol–water partition coefficient (Wildman–Crippen LogP) is 3.59. The molecule has 3 nitrogen and oxygen atoms in total. The zero-order valence-electron chi connectivity index (χ0n) is 10.4. The molecule has 0 N–H and O–H groups in total. The lowest BCUT2D eigenvalue weighted by atomic mass is 9.94. The van der Waals surface area contributed by atoms with E-state index in [0.717, 1.165) is 23.2 Å². The number of nitrogens with zero attached hydrogens (tertiary/aromatic N) is 3. The minimum absolute atomic E-state index is 0.641. The predicted molar refractivity (Wildman–Crippen MR) is 70.9 cm³/mol. The average molecular weight is 262 g/mol. The van der Waals surface area contributed by atoms with Gasteiger partial charge in [-0.2, -0.15) is 5.10 Å². The van der Waals surface area contributed by atoms with Crippen molar-refractivity contribution >= 4 is 17.2 Å². The van der Waals surface area contributed by atoms with E-state index in [-0.39, 0.29) is 0 Å². The Morgan fingerprint density at radius 1 is 1.22 bits per heavy atom. The van der Waals surface area contributed by atoms with Gasteiger partial charge in [0.15, 0.2) is 5.65 Å². The molecule has 4 heteroatoms. The summed E-state index contributed by atoms with van der Waals surface area (Å²) < 4.78 is 1.73. The smallest absolute Gasteiger partial charge is 0.157 e. The van der Waals surface area contributed by atoms with Gasteiger partial charge in [0.25, 0.3) is 0 Å². The van der Waals surface area contributed by atoms with Crippen molar-refractivity contribution in [2.24, 2.45) is 11.8 Å². The Labute approximate surface area is 111 Å². The van der Waals surface area contributed by atoms with Crippen molar-refractivity contribution in [2.45, 2.75) is 38.5 Å². The second kappa shape index (κ2) is 3.70. The van der Waals surface area contributed by atoms with Crippen LogP contribution >= 0.6 is 11.6 Å². The minimum Gasteiger partial charge on any atom is -0.233 e. The lowest BCUT2D eigenvalue weighted by Gasteiger charge is -2.15. The van der Waals surface area contributed by atoms with Gasteiger partial charge < -0.3 is 0 Å². The summed E-state index contributed by atoms with van der Waals surface area (Å²) in [6.45, 7) is 1.98. The maximum absolute atomic E-state index is 6.33. The van der Waals surface area contributed by atoms with Gasteiger partial charge in [0, 0.05) is 17.7 Å². The molecule has 2 aromatic rings. The van der Waals surface area contributed by atoms with Gasteiger partial charge in [0.1, 0.15) is 5.15 Å². The highest BCUT2D eigenvalue weighted by molar-refractivity contribution is 6.29. The zero-order valence-corrected chi connectivity index (χ0v) is 11.2. The van der Waals surface area contributed by atoms with E-state index < -0.39 is 0 Å². The van der Waals surface area contributed by atoms with Crippen LogP contribution in [0.25, 0.3) is 5.65 Å². The summed E-state index contributed by atoms with van der Waals surface area (Å²) >= 11 is 6.33.